The number of benzene rings is 20. The van der Waals surface area contributed by atoms with Crippen LogP contribution in [0, 0.1) is 105 Å². The largest absolute Gasteiger partial charge is 0.307 e. The van der Waals surface area contributed by atoms with Crippen LogP contribution in [0.25, 0.3) is 119 Å². The topological polar surface area (TPSA) is 117 Å². The minimum atomic E-state index is -0.729. The molecule has 0 fully saturated rings. The van der Waals surface area contributed by atoms with E-state index in [1.165, 1.54) is 48.5 Å². The Balaban J connectivity index is 0.000000175. The van der Waals surface area contributed by atoms with E-state index in [9.17, 15) is 21.0 Å². The lowest BCUT2D eigenvalue weighted by Gasteiger charge is -2.30. The van der Waals surface area contributed by atoms with Gasteiger partial charge in [-0.25, -0.2) is 44.8 Å². The molecule has 0 atom stereocenters. The van der Waals surface area contributed by atoms with Crippen molar-refractivity contribution in [3.63, 3.8) is 0 Å². The maximum absolute atomic E-state index is 17.1. The SMILES string of the molecule is [C-]#[N+]c1ccc(N(c2cc(F)c(-c3ccc(C#N)cc3)cc2F)c2ccc3ccc4c(N(c5ccc(C#N)cc5)c5cc(F)c(-c6ccc(C#N)cc6)cc5F)ccc5ccc2c3c54)cc1.[C-]#[N+]c1ccc(N(c2cc(F)c(-c3ccccc3C(C)(C)C)cc2F)c2ccc3ccc4c(N(c5ccc(C#N)cc5)c5cc(F)c(-c6ccccc6C(C)(C)C)cc5F)ccc5ccc2c3c54)cc1. The van der Waals surface area contributed by atoms with Gasteiger partial charge < -0.3 is 19.6 Å². The minimum absolute atomic E-state index is 0.0110. The molecule has 0 aliphatic heterocycles. The van der Waals surface area contributed by atoms with Gasteiger partial charge in [-0.3, -0.25) is 0 Å². The lowest BCUT2D eigenvalue weighted by molar-refractivity contribution is 0.586. The van der Waals surface area contributed by atoms with E-state index in [1.807, 2.05) is 199 Å². The van der Waals surface area contributed by atoms with Gasteiger partial charge in [0.05, 0.1) is 105 Å². The van der Waals surface area contributed by atoms with Crippen molar-refractivity contribution in [2.75, 3.05) is 19.6 Å². The molecule has 20 rings (SSSR count). The Hall–Kier alpha value is -17.9. The fraction of sp³-hybridized carbons (Fsp3) is 0.0678. The van der Waals surface area contributed by atoms with E-state index in [2.05, 4.69) is 21.8 Å². The van der Waals surface area contributed by atoms with Crippen LogP contribution >= 0.6 is 0 Å². The van der Waals surface area contributed by atoms with Gasteiger partial charge in [0.25, 0.3) is 0 Å². The number of hydrogen-bond donors (Lipinski definition) is 0. The molecule has 0 aromatic heterocycles. The average Bonchev–Trinajstić information content (AvgIpc) is 0.630. The van der Waals surface area contributed by atoms with Gasteiger partial charge in [-0.1, -0.05) is 211 Å². The molecule has 18 heteroatoms. The van der Waals surface area contributed by atoms with Crippen molar-refractivity contribution in [1.82, 2.24) is 0 Å². The molecule has 652 valence electrons. The van der Waals surface area contributed by atoms with Crippen molar-refractivity contribution in [2.24, 2.45) is 0 Å². The molecule has 20 aromatic carbocycles. The standard InChI is InChI=1S/C62H46F4N4.C56H28F4N6/c1-61(2,3)49-14-10-8-12-43(49)47-32-53(65)57(34-51(47)63)69(41-24-16-37(36-67)17-25-41)55-30-20-38-19-29-46-56(31-21-39-18-28-45(55)59(38)60(39)46)70(42-26-22-40(68-7)23-27-42)58-35-52(64)48(33-54(58)66)44-13-9-11-15-50(44)62(4,5)6;1-64-40-16-20-42(21-17-40)66(54-29-48(58)46(27-50(54)60)37-10-4-34(31-62)5-11-37)52-25-15-39-12-22-43-51(24-14-38-13-23-44(52)56(39)55(38)43)65(41-18-6-35(32-63)7-19-41)53-28-47(57)45(26-49(53)59)36-8-2-33(30-61)3-9-36/h8-35H,1-6H3;2-29H. The lowest BCUT2D eigenvalue weighted by atomic mass is 9.81. The summed E-state index contributed by atoms with van der Waals surface area (Å²) in [6.45, 7) is 27.4. The van der Waals surface area contributed by atoms with Gasteiger partial charge >= 0.3 is 0 Å². The molecule has 0 aliphatic carbocycles. The first-order valence-corrected chi connectivity index (χ1v) is 43.5. The van der Waals surface area contributed by atoms with E-state index >= 15 is 35.1 Å². The van der Waals surface area contributed by atoms with Crippen LogP contribution in [-0.2, 0) is 10.8 Å². The van der Waals surface area contributed by atoms with Crippen molar-refractivity contribution < 1.29 is 35.1 Å². The number of nitrogens with zero attached hydrogens (tertiary/aromatic N) is 10. The third-order valence-corrected chi connectivity index (χ3v) is 25.0. The van der Waals surface area contributed by atoms with E-state index < -0.39 is 46.5 Å². The van der Waals surface area contributed by atoms with Gasteiger partial charge in [0.1, 0.15) is 46.5 Å². The van der Waals surface area contributed by atoms with E-state index in [0.717, 1.165) is 78.5 Å². The highest BCUT2D eigenvalue weighted by molar-refractivity contribution is 6.30. The number of halogens is 8. The maximum atomic E-state index is 17.1. The summed E-state index contributed by atoms with van der Waals surface area (Å²) in [5, 5.41) is 47.2. The molecule has 10 nitrogen and oxygen atoms in total. The first kappa shape index (κ1) is 87.4. The summed E-state index contributed by atoms with van der Waals surface area (Å²) in [6, 6.07) is 102. The fourth-order valence-corrected chi connectivity index (χ4v) is 18.6. The molecule has 0 radical (unpaired) electrons. The van der Waals surface area contributed by atoms with Gasteiger partial charge in [-0.05, 0) is 233 Å². The molecule has 0 N–H and O–H groups in total. The molecule has 0 amide bonds. The van der Waals surface area contributed by atoms with Crippen molar-refractivity contribution >= 4 is 144 Å². The number of anilines is 12. The zero-order valence-corrected chi connectivity index (χ0v) is 73.8. The van der Waals surface area contributed by atoms with Gasteiger partial charge in [-0.2, -0.15) is 21.0 Å². The van der Waals surface area contributed by atoms with E-state index in [4.69, 9.17) is 13.1 Å². The predicted octanol–water partition coefficient (Wildman–Crippen LogP) is 34.0. The Morgan fingerprint density at radius 1 is 0.235 bits per heavy atom. The van der Waals surface area contributed by atoms with Crippen molar-refractivity contribution in [1.29, 1.82) is 21.0 Å². The van der Waals surface area contributed by atoms with E-state index in [1.54, 1.807) is 141 Å². The van der Waals surface area contributed by atoms with E-state index in [0.29, 0.717) is 123 Å². The molecule has 0 saturated heterocycles. The Morgan fingerprint density at radius 2 is 0.463 bits per heavy atom. The van der Waals surface area contributed by atoms with Crippen LogP contribution in [-0.4, -0.2) is 0 Å². The average molecular weight is 1780 g/mol. The van der Waals surface area contributed by atoms with Crippen LogP contribution in [0.15, 0.2) is 340 Å². The van der Waals surface area contributed by atoms with E-state index in [-0.39, 0.29) is 55.8 Å². The number of hydrogen-bond acceptors (Lipinski definition) is 8. The Morgan fingerprint density at radius 3 is 0.713 bits per heavy atom. The van der Waals surface area contributed by atoms with Crippen molar-refractivity contribution in [2.45, 2.75) is 52.4 Å². The Bertz CT molecular complexity index is 7990. The fourth-order valence-electron chi connectivity index (χ4n) is 18.6. The van der Waals surface area contributed by atoms with Crippen molar-refractivity contribution in [3.05, 3.63) is 442 Å². The van der Waals surface area contributed by atoms with Crippen LogP contribution in [0.4, 0.5) is 115 Å². The van der Waals surface area contributed by atoms with Crippen LogP contribution < -0.4 is 19.6 Å². The molecule has 136 heavy (non-hydrogen) atoms. The van der Waals surface area contributed by atoms with Gasteiger partial charge in [0, 0.05) is 90.8 Å². The second-order valence-electron chi connectivity index (χ2n) is 35.2. The molecular weight excluding hydrogens is 1710 g/mol. The normalized spacial score (nSPS) is 11.4. The lowest BCUT2D eigenvalue weighted by Crippen LogP contribution is -2.15. The molecular formula is C118H74F8N10. The summed E-state index contributed by atoms with van der Waals surface area (Å²) < 4.78 is 134. The summed E-state index contributed by atoms with van der Waals surface area (Å²) in [5.41, 5.74) is 9.38. The molecule has 0 aliphatic rings. The molecule has 0 unspecified atom stereocenters. The van der Waals surface area contributed by atoms with Crippen LogP contribution in [0.2, 0.25) is 0 Å². The number of nitriles is 4. The highest BCUT2D eigenvalue weighted by Crippen LogP contribution is 2.54. The van der Waals surface area contributed by atoms with Crippen LogP contribution in [0.1, 0.15) is 74.9 Å². The molecule has 0 spiro atoms. The molecule has 0 heterocycles. The third-order valence-electron chi connectivity index (χ3n) is 25.0. The smallest absolute Gasteiger partial charge is 0.187 e. The Kier molecular flexibility index (Phi) is 22.5. The first-order chi connectivity index (χ1) is 65.7. The van der Waals surface area contributed by atoms with Crippen molar-refractivity contribution in [3.8, 4) is 68.8 Å². The second-order valence-corrected chi connectivity index (χ2v) is 35.2. The van der Waals surface area contributed by atoms with Crippen LogP contribution in [0.5, 0.6) is 0 Å². The minimum Gasteiger partial charge on any atom is -0.307 e. The summed E-state index contributed by atoms with van der Waals surface area (Å²) in [7, 11) is 0. The maximum Gasteiger partial charge on any atom is 0.187 e. The first-order valence-electron chi connectivity index (χ1n) is 43.5. The van der Waals surface area contributed by atoms with Crippen LogP contribution in [0.3, 0.4) is 0 Å². The highest BCUT2D eigenvalue weighted by Gasteiger charge is 2.33. The third kappa shape index (κ3) is 15.8. The quantitative estimate of drug-likeness (QED) is 0.0533. The predicted molar refractivity (Wildman–Crippen MR) is 529 cm³/mol. The summed E-state index contributed by atoms with van der Waals surface area (Å²) in [6.07, 6.45) is 0. The summed E-state index contributed by atoms with van der Waals surface area (Å²) in [5.74, 6) is -5.36. The molecule has 0 saturated carbocycles. The zero-order chi connectivity index (χ0) is 94.9. The zero-order valence-electron chi connectivity index (χ0n) is 73.8. The summed E-state index contributed by atoms with van der Waals surface area (Å²) in [4.78, 5) is 13.7. The molecule has 0 bridgehead atoms. The Labute approximate surface area is 778 Å². The highest BCUT2D eigenvalue weighted by atomic mass is 19.2. The second kappa shape index (κ2) is 35.1. The van der Waals surface area contributed by atoms with Gasteiger partial charge in [-0.15, -0.1) is 0 Å². The summed E-state index contributed by atoms with van der Waals surface area (Å²) >= 11 is 0. The van der Waals surface area contributed by atoms with Gasteiger partial charge in [0.2, 0.25) is 0 Å². The van der Waals surface area contributed by atoms with Gasteiger partial charge in [0.15, 0.2) is 11.4 Å². The molecule has 20 aromatic rings. The number of rotatable bonds is 16. The monoisotopic (exact) mass is 1780 g/mol.